The largest absolute Gasteiger partial charge is 0.490 e. The van der Waals surface area contributed by atoms with Gasteiger partial charge in [0.25, 0.3) is 5.91 Å². The molecule has 0 saturated carbocycles. The van der Waals surface area contributed by atoms with Crippen LogP contribution in [0.15, 0.2) is 47.5 Å². The molecule has 2 aromatic rings. The first kappa shape index (κ1) is 37.6. The third kappa shape index (κ3) is 10.6. The number of hydrogen-bond acceptors (Lipinski definition) is 7. The number of halogens is 6. The van der Waals surface area contributed by atoms with Gasteiger partial charge in [0, 0.05) is 43.7 Å². The number of carboxylic acid groups (broad SMARTS) is 1. The molecule has 0 aliphatic carbocycles. The van der Waals surface area contributed by atoms with Crippen LogP contribution in [-0.2, 0) is 20.9 Å². The van der Waals surface area contributed by atoms with Crippen molar-refractivity contribution in [1.29, 1.82) is 0 Å². The van der Waals surface area contributed by atoms with Crippen LogP contribution >= 0.6 is 11.8 Å². The minimum absolute atomic E-state index is 0.0436. The molecule has 0 spiro atoms. The Hall–Kier alpha value is -3.86. The number of urea groups is 1. The Bertz CT molecular complexity index is 1440. The summed E-state index contributed by atoms with van der Waals surface area (Å²) in [5, 5.41) is 9.95. The Morgan fingerprint density at radius 1 is 1.02 bits per heavy atom. The normalized spacial score (nSPS) is 20.1. The molecule has 1 aromatic heterocycles. The third-order valence-electron chi connectivity index (χ3n) is 7.43. The Labute approximate surface area is 271 Å². The number of aromatic nitrogens is 1. The molecule has 2 atom stereocenters. The number of alkyl halides is 6. The second-order valence-corrected chi connectivity index (χ2v) is 13.1. The molecule has 4 amide bonds. The standard InChI is InChI=1S/C28H34F3N5O3S.C2HF3O2/c1-18-13-19(2)16-34(15-18)12-10-24(37)33-23-14-20(9-11-32-23)17-35-26(39)36(25(38)27(35,3)4)21-5-7-22(8-6-21)40-28(29,30)31;3-2(4,5)1(6)7/h5-9,11,14,18-19H,10,12-13,15-17H2,1-4H3,(H,32,33,37);(H,6,7). The number of hydrogen-bond donors (Lipinski definition) is 2. The highest BCUT2D eigenvalue weighted by Crippen LogP contribution is 2.39. The van der Waals surface area contributed by atoms with Gasteiger partial charge in [-0.3, -0.25) is 9.59 Å². The fourth-order valence-corrected chi connectivity index (χ4v) is 5.93. The van der Waals surface area contributed by atoms with Crippen LogP contribution in [0.1, 0.15) is 46.1 Å². The van der Waals surface area contributed by atoms with Gasteiger partial charge in [-0.05, 0) is 85.8 Å². The fraction of sp³-hybridized carbons (Fsp3) is 0.500. The molecule has 1 aromatic carbocycles. The number of benzene rings is 1. The van der Waals surface area contributed by atoms with Crippen molar-refractivity contribution in [3.63, 3.8) is 0 Å². The minimum Gasteiger partial charge on any atom is -0.475 e. The zero-order chi connectivity index (χ0) is 35.3. The number of likely N-dealkylation sites (tertiary alicyclic amines) is 1. The van der Waals surface area contributed by atoms with E-state index in [1.54, 1.807) is 26.0 Å². The number of carbonyl (C=O) groups is 4. The SMILES string of the molecule is CC1CC(C)CN(CCC(=O)Nc2cc(CN3C(=O)N(c4ccc(SC(F)(F)F)cc4)C(=O)C3(C)C)ccn2)C1.O=C(O)C(F)(F)F. The predicted octanol–water partition coefficient (Wildman–Crippen LogP) is 6.38. The van der Waals surface area contributed by atoms with Crippen molar-refractivity contribution in [3.8, 4) is 0 Å². The Balaban J connectivity index is 0.000000771. The van der Waals surface area contributed by atoms with E-state index in [1.807, 2.05) is 0 Å². The number of imide groups is 1. The number of piperidine rings is 1. The maximum atomic E-state index is 13.4. The van der Waals surface area contributed by atoms with Crippen LogP contribution < -0.4 is 10.2 Å². The van der Waals surface area contributed by atoms with E-state index in [4.69, 9.17) is 9.90 Å². The zero-order valence-electron chi connectivity index (χ0n) is 26.0. The molecule has 2 aliphatic heterocycles. The molecule has 258 valence electrons. The van der Waals surface area contributed by atoms with E-state index in [0.29, 0.717) is 36.2 Å². The molecule has 0 radical (unpaired) electrons. The van der Waals surface area contributed by atoms with Crippen molar-refractivity contribution in [3.05, 3.63) is 48.2 Å². The monoisotopic (exact) mass is 691 g/mol. The van der Waals surface area contributed by atoms with Crippen LogP contribution in [0.25, 0.3) is 0 Å². The van der Waals surface area contributed by atoms with E-state index < -0.39 is 35.1 Å². The number of nitrogens with one attached hydrogen (secondary N) is 1. The molecule has 2 fully saturated rings. The number of carboxylic acids is 1. The van der Waals surface area contributed by atoms with Gasteiger partial charge in [0.1, 0.15) is 11.4 Å². The van der Waals surface area contributed by atoms with Gasteiger partial charge in [0.15, 0.2) is 0 Å². The van der Waals surface area contributed by atoms with Crippen molar-refractivity contribution in [2.45, 2.75) is 69.2 Å². The lowest BCUT2D eigenvalue weighted by molar-refractivity contribution is -0.192. The summed E-state index contributed by atoms with van der Waals surface area (Å²) < 4.78 is 69.8. The number of carbonyl (C=O) groups excluding carboxylic acids is 3. The molecule has 10 nitrogen and oxygen atoms in total. The van der Waals surface area contributed by atoms with Gasteiger partial charge in [0.05, 0.1) is 5.69 Å². The number of rotatable bonds is 8. The fourth-order valence-electron chi connectivity index (χ4n) is 5.39. The van der Waals surface area contributed by atoms with Crippen molar-refractivity contribution < 1.29 is 50.6 Å². The summed E-state index contributed by atoms with van der Waals surface area (Å²) in [5.74, 6) is -1.82. The van der Waals surface area contributed by atoms with E-state index in [0.717, 1.165) is 18.0 Å². The Kier molecular flexibility index (Phi) is 11.9. The topological polar surface area (TPSA) is 123 Å². The van der Waals surface area contributed by atoms with E-state index >= 15 is 0 Å². The summed E-state index contributed by atoms with van der Waals surface area (Å²) in [6, 6.07) is 7.90. The molecule has 2 N–H and O–H groups in total. The van der Waals surface area contributed by atoms with Crippen LogP contribution in [-0.4, -0.2) is 80.6 Å². The van der Waals surface area contributed by atoms with Crippen molar-refractivity contribution in [2.75, 3.05) is 29.9 Å². The van der Waals surface area contributed by atoms with Gasteiger partial charge in [-0.2, -0.15) is 26.3 Å². The Morgan fingerprint density at radius 2 is 1.60 bits per heavy atom. The van der Waals surface area contributed by atoms with Crippen molar-refractivity contribution >= 4 is 47.1 Å². The number of pyridine rings is 1. The predicted molar refractivity (Wildman–Crippen MR) is 161 cm³/mol. The second kappa shape index (κ2) is 14.9. The summed E-state index contributed by atoms with van der Waals surface area (Å²) in [7, 11) is 0. The molecule has 4 rings (SSSR count). The van der Waals surface area contributed by atoms with E-state index in [9.17, 15) is 40.7 Å². The first-order chi connectivity index (χ1) is 21.7. The smallest absolute Gasteiger partial charge is 0.475 e. The highest BCUT2D eigenvalue weighted by atomic mass is 32.2. The lowest BCUT2D eigenvalue weighted by Gasteiger charge is -2.34. The molecular formula is C30H35F6N5O5S. The molecular weight excluding hydrogens is 656 g/mol. The van der Waals surface area contributed by atoms with Crippen LogP contribution in [0.4, 0.5) is 42.6 Å². The van der Waals surface area contributed by atoms with Crippen LogP contribution in [0.3, 0.4) is 0 Å². The lowest BCUT2D eigenvalue weighted by Crippen LogP contribution is -2.43. The van der Waals surface area contributed by atoms with E-state index in [1.165, 1.54) is 41.8 Å². The summed E-state index contributed by atoms with van der Waals surface area (Å²) in [6.07, 6.45) is -2.01. The average molecular weight is 692 g/mol. The van der Waals surface area contributed by atoms with E-state index in [2.05, 4.69) is 29.0 Å². The second-order valence-electron chi connectivity index (χ2n) is 12.0. The number of amides is 4. The summed E-state index contributed by atoms with van der Waals surface area (Å²) >= 11 is -0.266. The molecule has 3 heterocycles. The molecule has 0 bridgehead atoms. The van der Waals surface area contributed by atoms with Gasteiger partial charge in [-0.1, -0.05) is 13.8 Å². The summed E-state index contributed by atoms with van der Waals surface area (Å²) in [5.41, 5.74) is -4.78. The molecule has 47 heavy (non-hydrogen) atoms. The van der Waals surface area contributed by atoms with Crippen LogP contribution in [0, 0.1) is 11.8 Å². The molecule has 17 heteroatoms. The van der Waals surface area contributed by atoms with Gasteiger partial charge in [-0.15, -0.1) is 0 Å². The zero-order valence-corrected chi connectivity index (χ0v) is 26.8. The number of anilines is 2. The van der Waals surface area contributed by atoms with Crippen molar-refractivity contribution in [2.24, 2.45) is 11.8 Å². The number of aliphatic carboxylic acids is 1. The highest BCUT2D eigenvalue weighted by molar-refractivity contribution is 8.00. The number of nitrogens with zero attached hydrogens (tertiary/aromatic N) is 4. The molecule has 2 aliphatic rings. The number of thioether (sulfide) groups is 1. The van der Waals surface area contributed by atoms with Crippen LogP contribution in [0.5, 0.6) is 0 Å². The summed E-state index contributed by atoms with van der Waals surface area (Å²) in [4.78, 5) is 57.0. The molecule has 2 unspecified atom stereocenters. The van der Waals surface area contributed by atoms with Crippen molar-refractivity contribution in [1.82, 2.24) is 14.8 Å². The first-order valence-corrected chi connectivity index (χ1v) is 15.3. The maximum absolute atomic E-state index is 13.4. The average Bonchev–Trinajstić information content (AvgIpc) is 3.10. The van der Waals surface area contributed by atoms with Gasteiger partial charge in [-0.25, -0.2) is 19.5 Å². The van der Waals surface area contributed by atoms with E-state index in [-0.39, 0.29) is 34.8 Å². The van der Waals surface area contributed by atoms with Gasteiger partial charge < -0.3 is 20.2 Å². The van der Waals surface area contributed by atoms with Gasteiger partial charge in [0.2, 0.25) is 5.91 Å². The third-order valence-corrected chi connectivity index (χ3v) is 8.17. The first-order valence-electron chi connectivity index (χ1n) is 14.5. The van der Waals surface area contributed by atoms with Crippen LogP contribution in [0.2, 0.25) is 0 Å². The Morgan fingerprint density at radius 3 is 2.13 bits per heavy atom. The lowest BCUT2D eigenvalue weighted by atomic mass is 9.92. The summed E-state index contributed by atoms with van der Waals surface area (Å²) in [6.45, 7) is 10.4. The highest BCUT2D eigenvalue weighted by Gasteiger charge is 2.51. The minimum atomic E-state index is -5.08. The quantitative estimate of drug-likeness (QED) is 0.186. The maximum Gasteiger partial charge on any atom is 0.490 e. The molecule has 2 saturated heterocycles. The van der Waals surface area contributed by atoms with Gasteiger partial charge >= 0.3 is 23.7 Å².